The summed E-state index contributed by atoms with van der Waals surface area (Å²) in [5.74, 6) is 0. The van der Waals surface area contributed by atoms with Gasteiger partial charge in [0.05, 0.1) is 6.61 Å². The van der Waals surface area contributed by atoms with E-state index in [-0.39, 0.29) is 12.6 Å². The van der Waals surface area contributed by atoms with Gasteiger partial charge < -0.3 is 10.0 Å². The van der Waals surface area contributed by atoms with Crippen molar-refractivity contribution in [1.29, 1.82) is 0 Å². The molecule has 4 heteroatoms. The van der Waals surface area contributed by atoms with Crippen molar-refractivity contribution in [3.8, 4) is 0 Å². The monoisotopic (exact) mass is 229 g/mol. The smallest absolute Gasteiger partial charge is 0.0599 e. The fraction of sp³-hybridized carbons (Fsp3) is 1.00. The van der Waals surface area contributed by atoms with Crippen molar-refractivity contribution >= 4 is 0 Å². The Bertz CT molecular complexity index is 189. The highest BCUT2D eigenvalue weighted by atomic mass is 16.3. The van der Waals surface area contributed by atoms with Gasteiger partial charge in [-0.15, -0.1) is 0 Å². The Balaban J connectivity index is 2.31. The molecule has 0 aromatic rings. The number of piperazine rings is 1. The second-order valence-corrected chi connectivity index (χ2v) is 5.23. The lowest BCUT2D eigenvalue weighted by molar-refractivity contribution is 0.0710. The van der Waals surface area contributed by atoms with Gasteiger partial charge in [0.15, 0.2) is 0 Å². The Morgan fingerprint density at radius 2 is 1.69 bits per heavy atom. The second-order valence-electron chi connectivity index (χ2n) is 5.23. The molecule has 1 aliphatic rings. The Kier molecular flexibility index (Phi) is 5.69. The Morgan fingerprint density at radius 1 is 1.12 bits per heavy atom. The minimum absolute atomic E-state index is 0.247. The van der Waals surface area contributed by atoms with Crippen LogP contribution in [0.5, 0.6) is 0 Å². The van der Waals surface area contributed by atoms with Gasteiger partial charge >= 0.3 is 0 Å². The molecule has 0 saturated carbocycles. The highest BCUT2D eigenvalue weighted by Crippen LogP contribution is 2.07. The highest BCUT2D eigenvalue weighted by Gasteiger charge is 2.21. The minimum atomic E-state index is 0.247. The molecular weight excluding hydrogens is 202 g/mol. The molecule has 0 aromatic heterocycles. The van der Waals surface area contributed by atoms with E-state index in [1.165, 1.54) is 0 Å². The van der Waals surface area contributed by atoms with E-state index in [9.17, 15) is 5.11 Å². The van der Waals surface area contributed by atoms with Crippen LogP contribution < -0.4 is 0 Å². The topological polar surface area (TPSA) is 30.0 Å². The van der Waals surface area contributed by atoms with Gasteiger partial charge in [-0.05, 0) is 27.9 Å². The van der Waals surface area contributed by atoms with Crippen LogP contribution >= 0.6 is 0 Å². The molecule has 1 N–H and O–H groups in total. The van der Waals surface area contributed by atoms with Gasteiger partial charge in [0.1, 0.15) is 0 Å². The second kappa shape index (κ2) is 6.55. The van der Waals surface area contributed by atoms with Crippen LogP contribution in [0.1, 0.15) is 13.8 Å². The molecule has 0 spiro atoms. The molecule has 4 nitrogen and oxygen atoms in total. The van der Waals surface area contributed by atoms with Crippen LogP contribution in [-0.4, -0.2) is 85.3 Å². The number of aliphatic hydroxyl groups excluding tert-OH is 1. The number of nitrogens with zero attached hydrogens (tertiary/aromatic N) is 3. The van der Waals surface area contributed by atoms with E-state index in [2.05, 4.69) is 28.5 Å². The van der Waals surface area contributed by atoms with E-state index in [0.29, 0.717) is 6.04 Å². The van der Waals surface area contributed by atoms with Crippen LogP contribution in [-0.2, 0) is 0 Å². The number of likely N-dealkylation sites (N-methyl/N-ethyl adjacent to an activating group) is 1. The van der Waals surface area contributed by atoms with Gasteiger partial charge in [-0.2, -0.15) is 0 Å². The maximum atomic E-state index is 9.29. The van der Waals surface area contributed by atoms with Crippen molar-refractivity contribution in [2.45, 2.75) is 25.9 Å². The van der Waals surface area contributed by atoms with E-state index in [1.54, 1.807) is 0 Å². The van der Waals surface area contributed by atoms with Crippen molar-refractivity contribution in [2.24, 2.45) is 0 Å². The summed E-state index contributed by atoms with van der Waals surface area (Å²) in [6, 6.07) is 0.926. The third-order valence-electron chi connectivity index (χ3n) is 3.55. The van der Waals surface area contributed by atoms with Gasteiger partial charge in [-0.25, -0.2) is 0 Å². The van der Waals surface area contributed by atoms with Crippen LogP contribution in [0, 0.1) is 0 Å². The zero-order chi connectivity index (χ0) is 12.1. The molecule has 0 bridgehead atoms. The summed E-state index contributed by atoms with van der Waals surface area (Å²) in [4.78, 5) is 7.08. The average Bonchev–Trinajstić information content (AvgIpc) is 2.26. The maximum absolute atomic E-state index is 9.29. The van der Waals surface area contributed by atoms with E-state index in [1.807, 2.05) is 14.1 Å². The fourth-order valence-corrected chi connectivity index (χ4v) is 2.14. The van der Waals surface area contributed by atoms with E-state index < -0.39 is 0 Å². The number of rotatable bonds is 5. The van der Waals surface area contributed by atoms with Crippen molar-refractivity contribution in [1.82, 2.24) is 14.7 Å². The maximum Gasteiger partial charge on any atom is 0.0599 e. The zero-order valence-electron chi connectivity index (χ0n) is 11.2. The summed E-state index contributed by atoms with van der Waals surface area (Å²) < 4.78 is 0. The van der Waals surface area contributed by atoms with Crippen molar-refractivity contribution in [3.05, 3.63) is 0 Å². The van der Waals surface area contributed by atoms with Crippen LogP contribution in [0.2, 0.25) is 0 Å². The van der Waals surface area contributed by atoms with Gasteiger partial charge in [0, 0.05) is 44.8 Å². The van der Waals surface area contributed by atoms with E-state index in [4.69, 9.17) is 0 Å². The summed E-state index contributed by atoms with van der Waals surface area (Å²) in [6.07, 6.45) is 0. The molecule has 1 fully saturated rings. The summed E-state index contributed by atoms with van der Waals surface area (Å²) in [7, 11) is 4.07. The summed E-state index contributed by atoms with van der Waals surface area (Å²) in [5, 5.41) is 9.29. The first-order valence-electron chi connectivity index (χ1n) is 6.28. The lowest BCUT2D eigenvalue weighted by atomic mass is 10.2. The number of hydrogen-bond donors (Lipinski definition) is 1. The normalized spacial score (nSPS) is 21.9. The number of aliphatic hydroxyl groups is 1. The predicted molar refractivity (Wildman–Crippen MR) is 67.7 cm³/mol. The first-order valence-corrected chi connectivity index (χ1v) is 6.28. The van der Waals surface area contributed by atoms with E-state index >= 15 is 0 Å². The van der Waals surface area contributed by atoms with E-state index in [0.717, 1.165) is 32.7 Å². The van der Waals surface area contributed by atoms with Crippen LogP contribution in [0.4, 0.5) is 0 Å². The van der Waals surface area contributed by atoms with Crippen LogP contribution in [0.15, 0.2) is 0 Å². The molecule has 96 valence electrons. The molecule has 1 unspecified atom stereocenters. The van der Waals surface area contributed by atoms with Crippen molar-refractivity contribution in [2.75, 3.05) is 53.4 Å². The lowest BCUT2D eigenvalue weighted by Crippen LogP contribution is -2.52. The Hall–Kier alpha value is -0.160. The van der Waals surface area contributed by atoms with Crippen LogP contribution in [0.25, 0.3) is 0 Å². The minimum Gasteiger partial charge on any atom is -0.395 e. The molecule has 1 rings (SSSR count). The molecule has 1 saturated heterocycles. The van der Waals surface area contributed by atoms with Gasteiger partial charge in [0.25, 0.3) is 0 Å². The highest BCUT2D eigenvalue weighted by molar-refractivity contribution is 4.78. The molecule has 1 aliphatic heterocycles. The fourth-order valence-electron chi connectivity index (χ4n) is 2.14. The largest absolute Gasteiger partial charge is 0.395 e. The van der Waals surface area contributed by atoms with Gasteiger partial charge in [-0.1, -0.05) is 0 Å². The Morgan fingerprint density at radius 3 is 2.06 bits per heavy atom. The Labute approximate surface area is 99.8 Å². The molecule has 0 radical (unpaired) electrons. The third kappa shape index (κ3) is 4.01. The average molecular weight is 229 g/mol. The third-order valence-corrected chi connectivity index (χ3v) is 3.55. The molecule has 0 aromatic carbocycles. The molecule has 1 atom stereocenters. The lowest BCUT2D eigenvalue weighted by Gasteiger charge is -2.39. The van der Waals surface area contributed by atoms with Crippen molar-refractivity contribution in [3.63, 3.8) is 0 Å². The molecule has 1 heterocycles. The summed E-state index contributed by atoms with van der Waals surface area (Å²) in [5.41, 5.74) is 0. The van der Waals surface area contributed by atoms with Crippen molar-refractivity contribution < 1.29 is 5.11 Å². The quantitative estimate of drug-likeness (QED) is 0.715. The predicted octanol–water partition coefficient (Wildman–Crippen LogP) is -0.0651. The first kappa shape index (κ1) is 13.9. The molecule has 0 amide bonds. The number of hydrogen-bond acceptors (Lipinski definition) is 4. The SMILES string of the molecule is CC(C)N1CCN(CC(CO)N(C)C)CC1. The molecule has 16 heavy (non-hydrogen) atoms. The van der Waals surface area contributed by atoms with Gasteiger partial charge in [0.2, 0.25) is 0 Å². The molecule has 0 aliphatic carbocycles. The summed E-state index contributed by atoms with van der Waals surface area (Å²) in [6.45, 7) is 10.3. The molecular formula is C12H27N3O. The van der Waals surface area contributed by atoms with Crippen LogP contribution in [0.3, 0.4) is 0 Å². The zero-order valence-corrected chi connectivity index (χ0v) is 11.2. The summed E-state index contributed by atoms with van der Waals surface area (Å²) >= 11 is 0. The van der Waals surface area contributed by atoms with Gasteiger partial charge in [-0.3, -0.25) is 9.80 Å². The first-order chi connectivity index (χ1) is 7.54. The standard InChI is InChI=1S/C12H27N3O/c1-11(2)15-7-5-14(6-8-15)9-12(10-16)13(3)4/h11-12,16H,5-10H2,1-4H3.